The Balaban J connectivity index is 0.00000112. The number of hydrogen-bond donors (Lipinski definition) is 7. The summed E-state index contributed by atoms with van der Waals surface area (Å²) in [6, 6.07) is 15.0. The van der Waals surface area contributed by atoms with Crippen LogP contribution in [0.25, 0.3) is 0 Å². The molecule has 1 amide bonds. The van der Waals surface area contributed by atoms with Crippen molar-refractivity contribution in [1.29, 1.82) is 0 Å². The Morgan fingerprint density at radius 3 is 1.96 bits per heavy atom. The zero-order valence-corrected chi connectivity index (χ0v) is 34.9. The maximum Gasteiger partial charge on any atom is 0.355 e. The summed E-state index contributed by atoms with van der Waals surface area (Å²) in [5.74, 6) is -2.02. The van der Waals surface area contributed by atoms with Crippen molar-refractivity contribution in [2.24, 2.45) is 5.92 Å². The monoisotopic (exact) mass is 821 g/mol. The zero-order valence-electron chi connectivity index (χ0n) is 34.0. The van der Waals surface area contributed by atoms with Crippen LogP contribution in [0.1, 0.15) is 79.4 Å². The molecule has 13 nitrogen and oxygen atoms in total. The van der Waals surface area contributed by atoms with Crippen LogP contribution in [-0.2, 0) is 23.6 Å². The summed E-state index contributed by atoms with van der Waals surface area (Å²) in [5.41, 5.74) is 3.57. The number of amides is 1. The lowest BCUT2D eigenvalue weighted by Crippen LogP contribution is -2.59. The number of benzene rings is 2. The predicted molar refractivity (Wildman–Crippen MR) is 220 cm³/mol. The molecule has 0 saturated carbocycles. The lowest BCUT2D eigenvalue weighted by atomic mass is 9.83. The van der Waals surface area contributed by atoms with Gasteiger partial charge in [0.25, 0.3) is 0 Å². The number of rotatable bonds is 11. The molecule has 2 heterocycles. The van der Waals surface area contributed by atoms with E-state index in [-0.39, 0.29) is 29.6 Å². The number of aliphatic hydroxyl groups is 4. The van der Waals surface area contributed by atoms with Crippen molar-refractivity contribution in [3.05, 3.63) is 126 Å². The Labute approximate surface area is 335 Å². The molecule has 2 aromatic rings. The second-order valence-electron chi connectivity index (χ2n) is 13.1. The number of β-lactam (4-membered cyclic amide) rings is 1. The van der Waals surface area contributed by atoms with Gasteiger partial charge in [-0.3, -0.25) is 9.36 Å². The molecule has 0 aromatic heterocycles. The van der Waals surface area contributed by atoms with Crippen LogP contribution in [0, 0.1) is 11.7 Å². The molecule has 2 aliphatic rings. The number of nitrogens with zero attached hydrogens (tertiary/aromatic N) is 1. The van der Waals surface area contributed by atoms with Crippen molar-refractivity contribution in [3.8, 4) is 0 Å². The first-order valence-electron chi connectivity index (χ1n) is 18.2. The highest BCUT2D eigenvalue weighted by Crippen LogP contribution is 2.45. The van der Waals surface area contributed by atoms with Crippen molar-refractivity contribution in [2.75, 3.05) is 12.0 Å². The third-order valence-electron chi connectivity index (χ3n) is 8.43. The van der Waals surface area contributed by atoms with Gasteiger partial charge in [0.1, 0.15) is 11.9 Å². The topological polar surface area (TPSA) is 215 Å². The number of carbonyl (C=O) groups excluding carboxylic acids is 1. The predicted octanol–water partition coefficient (Wildman–Crippen LogP) is 7.50. The highest BCUT2D eigenvalue weighted by molar-refractivity contribution is 7.56. The van der Waals surface area contributed by atoms with Crippen LogP contribution in [0.4, 0.5) is 10.1 Å². The number of halogens is 1. The molecule has 15 heteroatoms. The minimum Gasteiger partial charge on any atom is -0.516 e. The fourth-order valence-corrected chi connectivity index (χ4v) is 5.83. The quantitative estimate of drug-likeness (QED) is 0.0386. The van der Waals surface area contributed by atoms with E-state index in [1.165, 1.54) is 29.9 Å². The van der Waals surface area contributed by atoms with Gasteiger partial charge in [-0.1, -0.05) is 72.4 Å². The van der Waals surface area contributed by atoms with Gasteiger partial charge in [0, 0.05) is 25.3 Å². The fraction of sp³-hybridized carbons (Fsp3) is 0.429. The summed E-state index contributed by atoms with van der Waals surface area (Å²) in [6.45, 7) is 16.8. The second-order valence-corrected chi connectivity index (χ2v) is 14.7. The lowest BCUT2D eigenvalue weighted by molar-refractivity contribution is -0.279. The smallest absolute Gasteiger partial charge is 0.355 e. The number of hydrogen-bond acceptors (Lipinski definition) is 9. The van der Waals surface area contributed by atoms with Gasteiger partial charge < -0.3 is 49.7 Å². The maximum atomic E-state index is 13.5. The molecule has 7 N–H and O–H groups in total. The van der Waals surface area contributed by atoms with Crippen LogP contribution in [0.3, 0.4) is 0 Å². The number of para-hydroxylation sites is 1. The molecule has 0 aliphatic carbocycles. The number of ether oxygens (including phenoxy) is 2. The van der Waals surface area contributed by atoms with Crippen LogP contribution in [-0.4, -0.2) is 84.9 Å². The molecule has 2 fully saturated rings. The molecule has 2 saturated heterocycles. The number of anilines is 1. The van der Waals surface area contributed by atoms with Crippen molar-refractivity contribution in [3.63, 3.8) is 0 Å². The van der Waals surface area contributed by atoms with Crippen LogP contribution in [0.5, 0.6) is 0 Å². The van der Waals surface area contributed by atoms with E-state index in [2.05, 4.69) is 26.5 Å². The standard InChI is InChI=1S/C25H28FNO7.C8H13O3P.C5H10.C3H6O.CH4O/c1-14-18(23(30)27(14)17-5-3-2-4-6-17)11-12-21(15-7-9-16(26)10-8-15)33-25-20(29)13-19(28)22(34-25)24(31)32;1-4-8(12(9,10)11)6-5-7(2)3;1-4-5(2)3;1-2-3-4;1-2/h2-10,14,18-22,25,28-29H,11-13H2,1H3,(H,31,32);4-6H,2H2,1,3H3,(H2,9,10,11);4H,1-3H3;2-4H,1H3;2H,1H3/b;6-5-,8-4+;;3-2+;/t14?,18-,19?,20?,21?,22?,25?;;;;/m1..../s1. The molecule has 7 atom stereocenters. The average Bonchev–Trinajstić information content (AvgIpc) is 3.17. The largest absolute Gasteiger partial charge is 0.516 e. The highest BCUT2D eigenvalue weighted by atomic mass is 31.2. The van der Waals surface area contributed by atoms with Gasteiger partial charge in [-0.15, -0.1) is 0 Å². The zero-order chi connectivity index (χ0) is 43.9. The van der Waals surface area contributed by atoms with Crippen LogP contribution in [0.2, 0.25) is 0 Å². The van der Waals surface area contributed by atoms with E-state index in [0.717, 1.165) is 24.6 Å². The van der Waals surface area contributed by atoms with E-state index in [0.29, 0.717) is 18.4 Å². The minimum absolute atomic E-state index is 0.000397. The third kappa shape index (κ3) is 18.7. The Kier molecular flexibility index (Phi) is 25.4. The van der Waals surface area contributed by atoms with Crippen LogP contribution >= 0.6 is 7.60 Å². The SMILES string of the molecule is C/C=C/O.C=C(C)/C=C\C(=C/C)P(=O)(O)O.CC1[C@@H](CCC(OC2OC(C(=O)O)C(O)CC2O)c2ccc(F)cc2)C(=O)N1c1ccccc1.CC=C(C)C.CO. The Bertz CT molecular complexity index is 1670. The van der Waals surface area contributed by atoms with Gasteiger partial charge in [0.05, 0.1) is 29.7 Å². The fourth-order valence-electron chi connectivity index (χ4n) is 5.23. The van der Waals surface area contributed by atoms with Gasteiger partial charge in [0.2, 0.25) is 5.91 Å². The third-order valence-corrected chi connectivity index (χ3v) is 9.51. The average molecular weight is 822 g/mol. The second kappa shape index (κ2) is 27.4. The van der Waals surface area contributed by atoms with E-state index in [9.17, 15) is 33.9 Å². The maximum absolute atomic E-state index is 13.5. The molecule has 2 aliphatic heterocycles. The summed E-state index contributed by atoms with van der Waals surface area (Å²) >= 11 is 0. The van der Waals surface area contributed by atoms with Gasteiger partial charge in [0.15, 0.2) is 12.4 Å². The van der Waals surface area contributed by atoms with Crippen molar-refractivity contribution in [1.82, 2.24) is 0 Å². The first kappa shape index (κ1) is 52.8. The van der Waals surface area contributed by atoms with Crippen molar-refractivity contribution in [2.45, 2.75) is 104 Å². The first-order valence-corrected chi connectivity index (χ1v) is 19.8. The molecule has 6 unspecified atom stereocenters. The minimum atomic E-state index is -4.10. The summed E-state index contributed by atoms with van der Waals surface area (Å²) in [7, 11) is -3.10. The Morgan fingerprint density at radius 1 is 1.00 bits per heavy atom. The molecule has 0 radical (unpaired) electrons. The molecule has 4 rings (SSSR count). The lowest BCUT2D eigenvalue weighted by Gasteiger charge is -2.46. The van der Waals surface area contributed by atoms with Gasteiger partial charge in [-0.2, -0.15) is 0 Å². The van der Waals surface area contributed by atoms with Crippen LogP contribution in [0.15, 0.2) is 114 Å². The summed E-state index contributed by atoms with van der Waals surface area (Å²) in [5, 5.41) is 44.2. The van der Waals surface area contributed by atoms with Crippen LogP contribution < -0.4 is 4.90 Å². The molecular formula is C42H61FNO12P. The Morgan fingerprint density at radius 2 is 1.54 bits per heavy atom. The Hall–Kier alpha value is -4.24. The molecule has 2 aromatic carbocycles. The van der Waals surface area contributed by atoms with E-state index in [1.807, 2.05) is 44.2 Å². The number of aliphatic hydroxyl groups excluding tert-OH is 4. The van der Waals surface area contributed by atoms with Gasteiger partial charge in [-0.25, -0.2) is 9.18 Å². The number of carbonyl (C=O) groups is 2. The molecule has 0 spiro atoms. The van der Waals surface area contributed by atoms with E-state index in [4.69, 9.17) is 29.5 Å². The van der Waals surface area contributed by atoms with E-state index >= 15 is 0 Å². The van der Waals surface area contributed by atoms with Crippen molar-refractivity contribution >= 4 is 25.2 Å². The molecule has 0 bridgehead atoms. The summed E-state index contributed by atoms with van der Waals surface area (Å²) in [6.07, 6.45) is 3.46. The van der Waals surface area contributed by atoms with Crippen molar-refractivity contribution < 1.29 is 63.3 Å². The highest BCUT2D eigenvalue weighted by Gasteiger charge is 2.46. The number of carboxylic acid groups (broad SMARTS) is 1. The molecular weight excluding hydrogens is 760 g/mol. The number of aliphatic carboxylic acids is 1. The van der Waals surface area contributed by atoms with E-state index < -0.39 is 50.1 Å². The van der Waals surface area contributed by atoms with Gasteiger partial charge in [-0.05, 0) is 97.2 Å². The normalized spacial score (nSPS) is 22.2. The molecule has 57 heavy (non-hydrogen) atoms. The van der Waals surface area contributed by atoms with Gasteiger partial charge >= 0.3 is 13.6 Å². The number of allylic oxidation sites excluding steroid dienone is 8. The first-order chi connectivity index (χ1) is 26.8. The molecule has 318 valence electrons. The number of carboxylic acids is 1. The van der Waals surface area contributed by atoms with E-state index in [1.54, 1.807) is 50.0 Å². The summed E-state index contributed by atoms with van der Waals surface area (Å²) < 4.78 is 35.5. The summed E-state index contributed by atoms with van der Waals surface area (Å²) in [4.78, 5) is 43.5.